The number of carbonyl (C=O) groups is 2. The van der Waals surface area contributed by atoms with Crippen LogP contribution in [0.4, 0.5) is 0 Å². The van der Waals surface area contributed by atoms with Crippen LogP contribution in [0.15, 0.2) is 46.0 Å². The summed E-state index contributed by atoms with van der Waals surface area (Å²) in [5.74, 6) is 0.376. The van der Waals surface area contributed by atoms with Gasteiger partial charge in [-0.25, -0.2) is 4.99 Å². The van der Waals surface area contributed by atoms with Crippen LogP contribution in [-0.2, 0) is 20.9 Å². The highest BCUT2D eigenvalue weighted by atomic mass is 16.7. The summed E-state index contributed by atoms with van der Waals surface area (Å²) < 4.78 is 21.5. The van der Waals surface area contributed by atoms with Gasteiger partial charge in [0.05, 0.1) is 12.9 Å². The van der Waals surface area contributed by atoms with Crippen LogP contribution in [0.1, 0.15) is 24.3 Å². The third-order valence-electron chi connectivity index (χ3n) is 5.98. The van der Waals surface area contributed by atoms with Gasteiger partial charge in [0.1, 0.15) is 11.8 Å². The number of amides is 1. The van der Waals surface area contributed by atoms with Gasteiger partial charge in [-0.1, -0.05) is 6.07 Å². The van der Waals surface area contributed by atoms with Crippen LogP contribution >= 0.6 is 0 Å². The summed E-state index contributed by atoms with van der Waals surface area (Å²) in [6.07, 6.45) is 1.51. The molecule has 0 aliphatic carbocycles. The van der Waals surface area contributed by atoms with Crippen LogP contribution in [0.2, 0.25) is 0 Å². The van der Waals surface area contributed by atoms with Gasteiger partial charge in [-0.15, -0.1) is 0 Å². The molecule has 3 aliphatic rings. The molecule has 0 bridgehead atoms. The van der Waals surface area contributed by atoms with Gasteiger partial charge < -0.3 is 23.5 Å². The van der Waals surface area contributed by atoms with Gasteiger partial charge in [-0.05, 0) is 36.8 Å². The summed E-state index contributed by atoms with van der Waals surface area (Å²) in [6.45, 7) is 5.95. The zero-order valence-corrected chi connectivity index (χ0v) is 18.4. The van der Waals surface area contributed by atoms with Crippen molar-refractivity contribution in [1.82, 2.24) is 15.1 Å². The highest BCUT2D eigenvalue weighted by Crippen LogP contribution is 2.33. The quantitative estimate of drug-likeness (QED) is 0.536. The number of esters is 1. The van der Waals surface area contributed by atoms with E-state index in [0.29, 0.717) is 24.8 Å². The number of nitrogens with one attached hydrogen (secondary N) is 1. The van der Waals surface area contributed by atoms with Crippen molar-refractivity contribution in [1.29, 1.82) is 0 Å². The molecule has 4 heterocycles. The molecule has 0 unspecified atom stereocenters. The molecule has 1 fully saturated rings. The second kappa shape index (κ2) is 9.14. The van der Waals surface area contributed by atoms with Gasteiger partial charge in [0.2, 0.25) is 18.7 Å². The van der Waals surface area contributed by atoms with Crippen molar-refractivity contribution in [3.8, 4) is 11.5 Å². The third-order valence-corrected chi connectivity index (χ3v) is 5.98. The average molecular weight is 454 g/mol. The van der Waals surface area contributed by atoms with Crippen molar-refractivity contribution >= 4 is 17.8 Å². The minimum atomic E-state index is -1.08. The summed E-state index contributed by atoms with van der Waals surface area (Å²) in [4.78, 5) is 34.4. The fourth-order valence-electron chi connectivity index (χ4n) is 4.30. The Morgan fingerprint density at radius 3 is 2.76 bits per heavy atom. The molecule has 1 amide bonds. The number of carbonyl (C=O) groups excluding carboxylic acids is 2. The zero-order chi connectivity index (χ0) is 22.8. The molecule has 3 aliphatic heterocycles. The number of aliphatic imine (C=N–C) groups is 1. The molecule has 2 atom stereocenters. The highest BCUT2D eigenvalue weighted by molar-refractivity contribution is 6.08. The Morgan fingerprint density at radius 2 is 2.00 bits per heavy atom. The molecule has 1 saturated heterocycles. The predicted octanol–water partition coefficient (Wildman–Crippen LogP) is 1.53. The average Bonchev–Trinajstić information content (AvgIpc) is 3.51. The Labute approximate surface area is 191 Å². The molecule has 174 valence electrons. The first-order valence-corrected chi connectivity index (χ1v) is 11.1. The van der Waals surface area contributed by atoms with E-state index in [4.69, 9.17) is 23.6 Å². The van der Waals surface area contributed by atoms with E-state index < -0.39 is 23.8 Å². The summed E-state index contributed by atoms with van der Waals surface area (Å²) in [5.41, 5.74) is 1.16. The topological polar surface area (TPSA) is 106 Å². The van der Waals surface area contributed by atoms with E-state index in [1.165, 1.54) is 6.26 Å². The molecular weight excluding hydrogens is 428 g/mol. The van der Waals surface area contributed by atoms with Crippen molar-refractivity contribution in [2.75, 3.05) is 39.6 Å². The molecule has 0 radical (unpaired) electrons. The summed E-state index contributed by atoms with van der Waals surface area (Å²) >= 11 is 0. The first-order valence-electron chi connectivity index (χ1n) is 11.1. The van der Waals surface area contributed by atoms with Crippen molar-refractivity contribution in [3.05, 3.63) is 47.9 Å². The van der Waals surface area contributed by atoms with Gasteiger partial charge in [-0.3, -0.25) is 19.8 Å². The molecule has 10 nitrogen and oxygen atoms in total. The third kappa shape index (κ3) is 4.38. The number of ether oxygens (including phenoxy) is 3. The van der Waals surface area contributed by atoms with E-state index in [1.54, 1.807) is 19.1 Å². The second-order valence-electron chi connectivity index (χ2n) is 8.08. The van der Waals surface area contributed by atoms with Crippen molar-refractivity contribution in [3.63, 3.8) is 0 Å². The van der Waals surface area contributed by atoms with Gasteiger partial charge in [0, 0.05) is 32.7 Å². The standard InChI is InChI=1S/C23H26N4O6/c1-2-30-22(29)19-20(17-4-3-11-31-17)24-23(25-21(19)28)27-9-7-26(8-10-27)13-15-5-6-16-18(12-15)33-14-32-16/h3-6,11-12,19-20H,2,7-10,13-14H2,1H3,(H,24,25,28)/t19-,20-/m0/s1. The maximum atomic E-state index is 12.9. The molecule has 1 aromatic heterocycles. The molecule has 1 N–H and O–H groups in total. The smallest absolute Gasteiger partial charge is 0.321 e. The van der Waals surface area contributed by atoms with Gasteiger partial charge in [0.25, 0.3) is 0 Å². The maximum Gasteiger partial charge on any atom is 0.321 e. The van der Waals surface area contributed by atoms with Crippen LogP contribution in [-0.4, -0.2) is 67.2 Å². The molecule has 1 aromatic carbocycles. The Balaban J connectivity index is 1.26. The lowest BCUT2D eigenvalue weighted by Crippen LogP contribution is -2.57. The van der Waals surface area contributed by atoms with E-state index in [2.05, 4.69) is 16.3 Å². The predicted molar refractivity (Wildman–Crippen MR) is 117 cm³/mol. The molecule has 2 aromatic rings. The van der Waals surface area contributed by atoms with Gasteiger partial charge in [0.15, 0.2) is 17.4 Å². The number of guanidine groups is 1. The lowest BCUT2D eigenvalue weighted by Gasteiger charge is -2.38. The molecule has 5 rings (SSSR count). The Morgan fingerprint density at radius 1 is 1.18 bits per heavy atom. The van der Waals surface area contributed by atoms with Crippen LogP contribution in [0.5, 0.6) is 11.5 Å². The normalized spacial score (nSPS) is 22.6. The Hall–Kier alpha value is -3.53. The van der Waals surface area contributed by atoms with Crippen molar-refractivity contribution < 1.29 is 28.2 Å². The first kappa shape index (κ1) is 21.3. The fraction of sp³-hybridized carbons (Fsp3) is 0.435. The van der Waals surface area contributed by atoms with Gasteiger partial charge >= 0.3 is 5.97 Å². The van der Waals surface area contributed by atoms with E-state index >= 15 is 0 Å². The largest absolute Gasteiger partial charge is 0.467 e. The number of benzene rings is 1. The van der Waals surface area contributed by atoms with Gasteiger partial charge in [-0.2, -0.15) is 0 Å². The molecular formula is C23H26N4O6. The lowest BCUT2D eigenvalue weighted by molar-refractivity contribution is -0.153. The number of hydrogen-bond acceptors (Lipinski definition) is 9. The Bertz CT molecular complexity index is 1050. The van der Waals surface area contributed by atoms with Crippen LogP contribution in [0.3, 0.4) is 0 Å². The molecule has 0 saturated carbocycles. The number of fused-ring (bicyclic) bond motifs is 1. The number of nitrogens with zero attached hydrogens (tertiary/aromatic N) is 3. The summed E-state index contributed by atoms with van der Waals surface area (Å²) in [7, 11) is 0. The monoisotopic (exact) mass is 454 g/mol. The van der Waals surface area contributed by atoms with E-state index in [0.717, 1.165) is 36.7 Å². The lowest BCUT2D eigenvalue weighted by atomic mass is 9.95. The molecule has 0 spiro atoms. The zero-order valence-electron chi connectivity index (χ0n) is 18.4. The van der Waals surface area contributed by atoms with E-state index in [1.807, 2.05) is 17.0 Å². The second-order valence-corrected chi connectivity index (χ2v) is 8.08. The summed E-state index contributed by atoms with van der Waals surface area (Å²) in [6, 6.07) is 8.69. The minimum absolute atomic E-state index is 0.190. The van der Waals surface area contributed by atoms with Crippen molar-refractivity contribution in [2.45, 2.75) is 19.5 Å². The van der Waals surface area contributed by atoms with E-state index in [-0.39, 0.29) is 13.4 Å². The number of piperazine rings is 1. The number of furan rings is 1. The van der Waals surface area contributed by atoms with Crippen LogP contribution in [0.25, 0.3) is 0 Å². The first-order chi connectivity index (χ1) is 16.1. The van der Waals surface area contributed by atoms with E-state index in [9.17, 15) is 9.59 Å². The van der Waals surface area contributed by atoms with Crippen LogP contribution < -0.4 is 14.8 Å². The maximum absolute atomic E-state index is 12.9. The molecule has 10 heteroatoms. The minimum Gasteiger partial charge on any atom is -0.467 e. The number of hydrogen-bond donors (Lipinski definition) is 1. The Kier molecular flexibility index (Phi) is 5.91. The highest BCUT2D eigenvalue weighted by Gasteiger charge is 2.43. The molecule has 33 heavy (non-hydrogen) atoms. The van der Waals surface area contributed by atoms with Crippen LogP contribution in [0, 0.1) is 5.92 Å². The van der Waals surface area contributed by atoms with Crippen molar-refractivity contribution in [2.24, 2.45) is 10.9 Å². The summed E-state index contributed by atoms with van der Waals surface area (Å²) in [5, 5.41) is 2.81. The fourth-order valence-corrected chi connectivity index (χ4v) is 4.30. The number of rotatable bonds is 5. The SMILES string of the molecule is CCOC(=O)[C@@H]1C(=O)NC(N2CCN(Cc3ccc4c(c3)OCO4)CC2)=N[C@H]1c1ccco1.